The number of hydrogen-bond acceptors (Lipinski definition) is 3. The third-order valence-corrected chi connectivity index (χ3v) is 4.41. The number of fused-ring (bicyclic) bond motifs is 1. The van der Waals surface area contributed by atoms with Crippen LogP contribution in [0.4, 0.5) is 5.69 Å². The molecule has 2 fully saturated rings. The average Bonchev–Trinajstić information content (AvgIpc) is 2.76. The molecular formula is C12H16BrN3. The third-order valence-electron chi connectivity index (χ3n) is 3.80. The minimum Gasteiger partial charge on any atom is -0.370 e. The van der Waals surface area contributed by atoms with Crippen molar-refractivity contribution < 1.29 is 0 Å². The van der Waals surface area contributed by atoms with Crippen LogP contribution in [-0.2, 0) is 0 Å². The molecule has 1 aromatic rings. The number of pyridine rings is 1. The summed E-state index contributed by atoms with van der Waals surface area (Å²) in [5.41, 5.74) is 1.29. The van der Waals surface area contributed by atoms with Gasteiger partial charge in [-0.1, -0.05) is 0 Å². The van der Waals surface area contributed by atoms with Crippen molar-refractivity contribution >= 4 is 21.6 Å². The second-order valence-corrected chi connectivity index (χ2v) is 5.59. The highest BCUT2D eigenvalue weighted by atomic mass is 79.9. The molecule has 86 valence electrons. The van der Waals surface area contributed by atoms with E-state index in [0.717, 1.165) is 16.3 Å². The van der Waals surface area contributed by atoms with Crippen molar-refractivity contribution in [2.75, 3.05) is 31.1 Å². The third kappa shape index (κ3) is 1.84. The average molecular weight is 282 g/mol. The summed E-state index contributed by atoms with van der Waals surface area (Å²) in [5.74, 6) is 1.73. The molecule has 0 spiro atoms. The normalized spacial score (nSPS) is 29.2. The van der Waals surface area contributed by atoms with E-state index >= 15 is 0 Å². The van der Waals surface area contributed by atoms with Crippen LogP contribution >= 0.6 is 15.9 Å². The largest absolute Gasteiger partial charge is 0.370 e. The van der Waals surface area contributed by atoms with E-state index in [0.29, 0.717) is 0 Å². The van der Waals surface area contributed by atoms with Crippen LogP contribution in [0.5, 0.6) is 0 Å². The molecule has 0 saturated carbocycles. The maximum atomic E-state index is 4.12. The fraction of sp³-hybridized carbons (Fsp3) is 0.583. The number of rotatable bonds is 1. The Morgan fingerprint density at radius 1 is 1.38 bits per heavy atom. The molecule has 0 aliphatic carbocycles. The molecule has 0 aromatic carbocycles. The quantitative estimate of drug-likeness (QED) is 0.852. The first-order valence-electron chi connectivity index (χ1n) is 5.90. The van der Waals surface area contributed by atoms with Gasteiger partial charge in [0.15, 0.2) is 0 Å². The zero-order valence-electron chi connectivity index (χ0n) is 9.19. The summed E-state index contributed by atoms with van der Waals surface area (Å²) in [7, 11) is 0. The van der Waals surface area contributed by atoms with Gasteiger partial charge in [0.05, 0.1) is 10.2 Å². The molecule has 16 heavy (non-hydrogen) atoms. The molecule has 0 radical (unpaired) electrons. The lowest BCUT2D eigenvalue weighted by Gasteiger charge is -2.36. The molecule has 2 atom stereocenters. The number of nitrogens with one attached hydrogen (secondary N) is 1. The molecule has 1 aromatic heterocycles. The number of nitrogens with zero attached hydrogens (tertiary/aromatic N) is 2. The molecule has 4 heteroatoms. The van der Waals surface area contributed by atoms with Crippen molar-refractivity contribution in [3.63, 3.8) is 0 Å². The summed E-state index contributed by atoms with van der Waals surface area (Å²) in [4.78, 5) is 6.61. The molecule has 2 aliphatic rings. The molecule has 2 saturated heterocycles. The van der Waals surface area contributed by atoms with E-state index in [2.05, 4.69) is 37.2 Å². The Bertz CT molecular complexity index is 382. The van der Waals surface area contributed by atoms with E-state index in [1.807, 2.05) is 12.4 Å². The van der Waals surface area contributed by atoms with Crippen molar-refractivity contribution in [3.8, 4) is 0 Å². The highest BCUT2D eigenvalue weighted by Crippen LogP contribution is 2.32. The SMILES string of the molecule is Brc1cnccc1N1CCC2CNCC2C1. The van der Waals surface area contributed by atoms with E-state index in [1.54, 1.807) is 0 Å². The topological polar surface area (TPSA) is 28.2 Å². The summed E-state index contributed by atoms with van der Waals surface area (Å²) >= 11 is 3.58. The summed E-state index contributed by atoms with van der Waals surface area (Å²) in [6.45, 7) is 4.76. The number of halogens is 1. The second-order valence-electron chi connectivity index (χ2n) is 4.74. The van der Waals surface area contributed by atoms with Crippen molar-refractivity contribution in [1.82, 2.24) is 10.3 Å². The van der Waals surface area contributed by atoms with Gasteiger partial charge in [0.25, 0.3) is 0 Å². The summed E-state index contributed by atoms with van der Waals surface area (Å²) in [5, 5.41) is 3.50. The van der Waals surface area contributed by atoms with Crippen LogP contribution in [0.15, 0.2) is 22.9 Å². The fourth-order valence-corrected chi connectivity index (χ4v) is 3.38. The van der Waals surface area contributed by atoms with Gasteiger partial charge in [-0.25, -0.2) is 0 Å². The van der Waals surface area contributed by atoms with E-state index in [9.17, 15) is 0 Å². The molecule has 1 N–H and O–H groups in total. The van der Waals surface area contributed by atoms with Gasteiger partial charge < -0.3 is 10.2 Å². The summed E-state index contributed by atoms with van der Waals surface area (Å²) in [6, 6.07) is 2.10. The summed E-state index contributed by atoms with van der Waals surface area (Å²) < 4.78 is 1.11. The summed E-state index contributed by atoms with van der Waals surface area (Å²) in [6.07, 6.45) is 5.07. The van der Waals surface area contributed by atoms with Gasteiger partial charge >= 0.3 is 0 Å². The Morgan fingerprint density at radius 3 is 3.12 bits per heavy atom. The highest BCUT2D eigenvalue weighted by Gasteiger charge is 2.33. The second kappa shape index (κ2) is 4.34. The Kier molecular flexibility index (Phi) is 2.86. The van der Waals surface area contributed by atoms with Gasteiger partial charge in [-0.05, 0) is 53.3 Å². The fourth-order valence-electron chi connectivity index (χ4n) is 2.88. The lowest BCUT2D eigenvalue weighted by molar-refractivity contribution is 0.348. The van der Waals surface area contributed by atoms with E-state index < -0.39 is 0 Å². The molecule has 0 bridgehead atoms. The van der Waals surface area contributed by atoms with Crippen LogP contribution in [0, 0.1) is 11.8 Å². The van der Waals surface area contributed by atoms with Crippen molar-refractivity contribution in [2.24, 2.45) is 11.8 Å². The lowest BCUT2D eigenvalue weighted by Crippen LogP contribution is -2.40. The first-order valence-corrected chi connectivity index (χ1v) is 6.69. The van der Waals surface area contributed by atoms with Gasteiger partial charge in [0, 0.05) is 25.5 Å². The number of anilines is 1. The number of hydrogen-bond donors (Lipinski definition) is 1. The van der Waals surface area contributed by atoms with Crippen molar-refractivity contribution in [2.45, 2.75) is 6.42 Å². The van der Waals surface area contributed by atoms with E-state index in [-0.39, 0.29) is 0 Å². The Morgan fingerprint density at radius 2 is 2.25 bits per heavy atom. The van der Waals surface area contributed by atoms with Crippen LogP contribution in [0.2, 0.25) is 0 Å². The maximum absolute atomic E-state index is 4.12. The van der Waals surface area contributed by atoms with Crippen molar-refractivity contribution in [3.05, 3.63) is 22.9 Å². The zero-order chi connectivity index (χ0) is 11.0. The minimum atomic E-state index is 0.828. The zero-order valence-corrected chi connectivity index (χ0v) is 10.8. The minimum absolute atomic E-state index is 0.828. The van der Waals surface area contributed by atoms with Gasteiger partial charge in [-0.2, -0.15) is 0 Å². The van der Waals surface area contributed by atoms with Crippen LogP contribution < -0.4 is 10.2 Å². The van der Waals surface area contributed by atoms with Crippen LogP contribution in [-0.4, -0.2) is 31.2 Å². The van der Waals surface area contributed by atoms with Gasteiger partial charge in [0.1, 0.15) is 0 Å². The van der Waals surface area contributed by atoms with E-state index in [4.69, 9.17) is 0 Å². The Balaban J connectivity index is 1.79. The van der Waals surface area contributed by atoms with Gasteiger partial charge in [0.2, 0.25) is 0 Å². The smallest absolute Gasteiger partial charge is 0.0592 e. The van der Waals surface area contributed by atoms with E-state index in [1.165, 1.54) is 38.3 Å². The van der Waals surface area contributed by atoms with Gasteiger partial charge in [-0.3, -0.25) is 4.98 Å². The van der Waals surface area contributed by atoms with Gasteiger partial charge in [-0.15, -0.1) is 0 Å². The monoisotopic (exact) mass is 281 g/mol. The molecule has 3 nitrogen and oxygen atoms in total. The molecule has 2 unspecified atom stereocenters. The van der Waals surface area contributed by atoms with Crippen molar-refractivity contribution in [1.29, 1.82) is 0 Å². The lowest BCUT2D eigenvalue weighted by atomic mass is 9.88. The number of aromatic nitrogens is 1. The Labute approximate surface area is 104 Å². The number of piperidine rings is 1. The highest BCUT2D eigenvalue weighted by molar-refractivity contribution is 9.10. The molecule has 3 rings (SSSR count). The van der Waals surface area contributed by atoms with Crippen LogP contribution in [0.3, 0.4) is 0 Å². The first kappa shape index (κ1) is 10.5. The van der Waals surface area contributed by atoms with Crippen LogP contribution in [0.1, 0.15) is 6.42 Å². The molecule has 0 amide bonds. The Hall–Kier alpha value is -0.610. The molecule has 3 heterocycles. The predicted molar refractivity (Wildman–Crippen MR) is 68.6 cm³/mol. The first-order chi connectivity index (χ1) is 7.84. The van der Waals surface area contributed by atoms with Crippen LogP contribution in [0.25, 0.3) is 0 Å². The molecule has 2 aliphatic heterocycles. The maximum Gasteiger partial charge on any atom is 0.0592 e. The predicted octanol–water partition coefficient (Wildman–Crippen LogP) is 1.89. The standard InChI is InChI=1S/C12H16BrN3/c13-11-7-14-3-1-12(11)16-4-2-9-5-15-6-10(9)8-16/h1,3,7,9-10,15H,2,4-6,8H2. The molecular weight excluding hydrogens is 266 g/mol.